The van der Waals surface area contributed by atoms with Crippen LogP contribution in [0.15, 0.2) is 54.9 Å². The summed E-state index contributed by atoms with van der Waals surface area (Å²) in [5.41, 5.74) is 2.86. The van der Waals surface area contributed by atoms with E-state index < -0.39 is 30.5 Å². The summed E-state index contributed by atoms with van der Waals surface area (Å²) in [6.45, 7) is 0.602. The molecule has 39 heavy (non-hydrogen) atoms. The van der Waals surface area contributed by atoms with Gasteiger partial charge in [0, 0.05) is 34.8 Å². The van der Waals surface area contributed by atoms with E-state index in [1.165, 1.54) is 13.2 Å². The number of benzene rings is 1. The zero-order chi connectivity index (χ0) is 27.7. The van der Waals surface area contributed by atoms with Crippen LogP contribution in [0.1, 0.15) is 42.3 Å². The molecular weight excluding hydrogens is 529 g/mol. The van der Waals surface area contributed by atoms with E-state index in [2.05, 4.69) is 17.0 Å². The Morgan fingerprint density at radius 3 is 2.44 bits per heavy atom. The number of halogens is 3. The standard InChI is InChI=1S/C28H27F3N4O3S/c1-17-4-6-20(7-5-17)26(36)34(16-28(29,30)31)22-15-23(39-25(22)27(37)38-2)19-10-8-18(9-11-19)21-14-24-32-12-3-13-35(24)33-21/h3,8-15,17,20H,4-7,16H2,1-2H3. The Bertz CT molecular complexity index is 1450. The van der Waals surface area contributed by atoms with Crippen LogP contribution in [0, 0.1) is 11.8 Å². The summed E-state index contributed by atoms with van der Waals surface area (Å²) in [5.74, 6) is -1.48. The van der Waals surface area contributed by atoms with Gasteiger partial charge in [0.15, 0.2) is 5.65 Å². The SMILES string of the molecule is COC(=O)c1sc(-c2ccc(-c3cc4ncccn4n3)cc2)cc1N(CC(F)(F)F)C(=O)C1CCC(C)CC1. The molecule has 0 saturated heterocycles. The van der Waals surface area contributed by atoms with Crippen LogP contribution in [0.5, 0.6) is 0 Å². The molecule has 1 saturated carbocycles. The number of rotatable bonds is 6. The third kappa shape index (κ3) is 5.83. The molecule has 3 heterocycles. The van der Waals surface area contributed by atoms with Crippen molar-refractivity contribution in [2.24, 2.45) is 11.8 Å². The van der Waals surface area contributed by atoms with Gasteiger partial charge in [-0.25, -0.2) is 14.3 Å². The Hall–Kier alpha value is -3.73. The summed E-state index contributed by atoms with van der Waals surface area (Å²) >= 11 is 1.00. The van der Waals surface area contributed by atoms with E-state index >= 15 is 0 Å². The van der Waals surface area contributed by atoms with Crippen molar-refractivity contribution in [1.29, 1.82) is 0 Å². The van der Waals surface area contributed by atoms with Crippen molar-refractivity contribution in [3.05, 3.63) is 59.7 Å². The molecule has 0 spiro atoms. The minimum absolute atomic E-state index is 0.0372. The number of aromatic nitrogens is 3. The first-order chi connectivity index (χ1) is 18.6. The van der Waals surface area contributed by atoms with Crippen LogP contribution in [-0.2, 0) is 9.53 Å². The predicted octanol–water partition coefficient (Wildman–Crippen LogP) is 6.63. The number of amides is 1. The van der Waals surface area contributed by atoms with Crippen molar-refractivity contribution < 1.29 is 27.5 Å². The number of fused-ring (bicyclic) bond motifs is 1. The van der Waals surface area contributed by atoms with Gasteiger partial charge in [0.05, 0.1) is 18.5 Å². The fourth-order valence-corrected chi connectivity index (χ4v) is 6.01. The fourth-order valence-electron chi connectivity index (χ4n) is 4.93. The third-order valence-corrected chi connectivity index (χ3v) is 8.20. The van der Waals surface area contributed by atoms with E-state index in [1.54, 1.807) is 23.0 Å². The van der Waals surface area contributed by atoms with Crippen molar-refractivity contribution in [3.63, 3.8) is 0 Å². The van der Waals surface area contributed by atoms with Crippen LogP contribution in [0.2, 0.25) is 0 Å². The van der Waals surface area contributed by atoms with E-state index in [4.69, 9.17) is 4.74 Å². The second kappa shape index (κ2) is 10.8. The summed E-state index contributed by atoms with van der Waals surface area (Å²) in [6, 6.07) is 12.4. The molecule has 3 aromatic heterocycles. The first-order valence-corrected chi connectivity index (χ1v) is 13.5. The second-order valence-corrected chi connectivity index (χ2v) is 10.9. The number of hydrogen-bond donors (Lipinski definition) is 0. The van der Waals surface area contributed by atoms with Gasteiger partial charge in [-0.1, -0.05) is 31.2 Å². The molecule has 1 fully saturated rings. The molecule has 11 heteroatoms. The lowest BCUT2D eigenvalue weighted by atomic mass is 9.82. The Morgan fingerprint density at radius 1 is 1.10 bits per heavy atom. The van der Waals surface area contributed by atoms with Crippen molar-refractivity contribution in [2.45, 2.75) is 38.8 Å². The van der Waals surface area contributed by atoms with Gasteiger partial charge in [-0.3, -0.25) is 4.79 Å². The zero-order valence-corrected chi connectivity index (χ0v) is 22.3. The van der Waals surface area contributed by atoms with Gasteiger partial charge in [0.25, 0.3) is 0 Å². The lowest BCUT2D eigenvalue weighted by molar-refractivity contribution is -0.135. The molecule has 204 valence electrons. The summed E-state index contributed by atoms with van der Waals surface area (Å²) in [5, 5.41) is 4.51. The van der Waals surface area contributed by atoms with E-state index in [9.17, 15) is 22.8 Å². The summed E-state index contributed by atoms with van der Waals surface area (Å²) in [7, 11) is 1.17. The summed E-state index contributed by atoms with van der Waals surface area (Å²) in [6.07, 6.45) is 1.45. The molecule has 0 N–H and O–H groups in total. The molecule has 0 unspecified atom stereocenters. The van der Waals surface area contributed by atoms with E-state index in [0.29, 0.717) is 40.5 Å². The monoisotopic (exact) mass is 556 g/mol. The van der Waals surface area contributed by atoms with Crippen LogP contribution in [-0.4, -0.2) is 46.3 Å². The minimum atomic E-state index is -4.64. The van der Waals surface area contributed by atoms with Crippen LogP contribution < -0.4 is 4.90 Å². The highest BCUT2D eigenvalue weighted by Gasteiger charge is 2.39. The fraction of sp³-hybridized carbons (Fsp3) is 0.357. The van der Waals surface area contributed by atoms with E-state index in [1.807, 2.05) is 30.3 Å². The van der Waals surface area contributed by atoms with E-state index in [0.717, 1.165) is 34.6 Å². The molecule has 1 amide bonds. The summed E-state index contributed by atoms with van der Waals surface area (Å²) in [4.78, 5) is 31.6. The van der Waals surface area contributed by atoms with Crippen LogP contribution in [0.3, 0.4) is 0 Å². The normalized spacial score (nSPS) is 17.8. The highest BCUT2D eigenvalue weighted by molar-refractivity contribution is 7.18. The lowest BCUT2D eigenvalue weighted by Crippen LogP contribution is -2.43. The van der Waals surface area contributed by atoms with Crippen molar-refractivity contribution in [3.8, 4) is 21.7 Å². The quantitative estimate of drug-likeness (QED) is 0.249. The Morgan fingerprint density at radius 2 is 1.79 bits per heavy atom. The molecule has 0 bridgehead atoms. The lowest BCUT2D eigenvalue weighted by Gasteiger charge is -2.31. The molecule has 1 aromatic carbocycles. The molecule has 1 aliphatic rings. The smallest absolute Gasteiger partial charge is 0.406 e. The maximum Gasteiger partial charge on any atom is 0.406 e. The van der Waals surface area contributed by atoms with Gasteiger partial charge < -0.3 is 9.64 Å². The van der Waals surface area contributed by atoms with Crippen molar-refractivity contribution in [1.82, 2.24) is 14.6 Å². The first-order valence-electron chi connectivity index (χ1n) is 12.6. The summed E-state index contributed by atoms with van der Waals surface area (Å²) < 4.78 is 47.6. The number of carbonyl (C=O) groups is 2. The third-order valence-electron chi connectivity index (χ3n) is 7.04. The molecule has 0 aliphatic heterocycles. The molecule has 1 aliphatic carbocycles. The Labute approximate surface area is 227 Å². The number of hydrogen-bond acceptors (Lipinski definition) is 6. The van der Waals surface area contributed by atoms with Crippen LogP contribution >= 0.6 is 11.3 Å². The van der Waals surface area contributed by atoms with Gasteiger partial charge in [0.2, 0.25) is 5.91 Å². The molecular formula is C28H27F3N4O3S. The maximum atomic E-state index is 13.7. The number of alkyl halides is 3. The minimum Gasteiger partial charge on any atom is -0.465 e. The second-order valence-electron chi connectivity index (χ2n) is 9.84. The zero-order valence-electron chi connectivity index (χ0n) is 21.4. The van der Waals surface area contributed by atoms with E-state index in [-0.39, 0.29) is 10.6 Å². The number of nitrogens with zero attached hydrogens (tertiary/aromatic N) is 4. The topological polar surface area (TPSA) is 76.8 Å². The number of carbonyl (C=O) groups excluding carboxylic acids is 2. The Kier molecular flexibility index (Phi) is 7.44. The molecule has 4 aromatic rings. The van der Waals surface area contributed by atoms with Crippen molar-refractivity contribution in [2.75, 3.05) is 18.6 Å². The maximum absolute atomic E-state index is 13.7. The molecule has 0 radical (unpaired) electrons. The van der Waals surface area contributed by atoms with Crippen LogP contribution in [0.25, 0.3) is 27.3 Å². The molecule has 7 nitrogen and oxygen atoms in total. The van der Waals surface area contributed by atoms with Gasteiger partial charge in [-0.05, 0) is 49.3 Å². The number of esters is 1. The van der Waals surface area contributed by atoms with Gasteiger partial charge in [0.1, 0.15) is 11.4 Å². The highest BCUT2D eigenvalue weighted by Crippen LogP contribution is 2.41. The number of thiophene rings is 1. The average Bonchev–Trinajstić information content (AvgIpc) is 3.56. The number of methoxy groups -OCH3 is 1. The molecule has 0 atom stereocenters. The van der Waals surface area contributed by atoms with Gasteiger partial charge >= 0.3 is 12.1 Å². The van der Waals surface area contributed by atoms with Gasteiger partial charge in [-0.2, -0.15) is 18.3 Å². The van der Waals surface area contributed by atoms with Crippen molar-refractivity contribution >= 4 is 34.5 Å². The number of anilines is 1. The highest BCUT2D eigenvalue weighted by atomic mass is 32.1. The molecule has 5 rings (SSSR count). The predicted molar refractivity (Wildman–Crippen MR) is 143 cm³/mol. The number of ether oxygens (including phenoxy) is 1. The average molecular weight is 557 g/mol. The Balaban J connectivity index is 1.50. The largest absolute Gasteiger partial charge is 0.465 e. The first kappa shape index (κ1) is 26.9. The van der Waals surface area contributed by atoms with Crippen LogP contribution in [0.4, 0.5) is 18.9 Å². The van der Waals surface area contributed by atoms with Gasteiger partial charge in [-0.15, -0.1) is 11.3 Å².